The number of aromatic nitrogens is 2. The normalized spacial score (nSPS) is 16.5. The number of para-hydroxylation sites is 1. The minimum atomic E-state index is -0.853. The van der Waals surface area contributed by atoms with Gasteiger partial charge in [0.15, 0.2) is 0 Å². The summed E-state index contributed by atoms with van der Waals surface area (Å²) in [7, 11) is 0. The first-order valence-corrected chi connectivity index (χ1v) is 14.2. The number of carboxylic acids is 1. The fourth-order valence-corrected chi connectivity index (χ4v) is 7.04. The predicted octanol–water partition coefficient (Wildman–Crippen LogP) is 7.64. The highest BCUT2D eigenvalue weighted by Crippen LogP contribution is 2.47. The van der Waals surface area contributed by atoms with Crippen LogP contribution < -0.4 is 0 Å². The molecule has 2 aromatic carbocycles. The molecular weight excluding hydrogens is 458 g/mol. The van der Waals surface area contributed by atoms with Crippen molar-refractivity contribution in [2.75, 3.05) is 6.54 Å². The second kappa shape index (κ2) is 9.68. The Balaban J connectivity index is 1.63. The van der Waals surface area contributed by atoms with Gasteiger partial charge in [-0.05, 0) is 68.8 Å². The number of aryl methyl sites for hydroxylation is 2. The maximum absolute atomic E-state index is 11.9. The first-order valence-electron chi connectivity index (χ1n) is 14.2. The van der Waals surface area contributed by atoms with E-state index in [4.69, 9.17) is 0 Å². The van der Waals surface area contributed by atoms with Crippen molar-refractivity contribution in [3.05, 3.63) is 59.3 Å². The fourth-order valence-electron chi connectivity index (χ4n) is 7.04. The highest BCUT2D eigenvalue weighted by Gasteiger charge is 2.29. The molecule has 3 heterocycles. The molecule has 2 aromatic heterocycles. The van der Waals surface area contributed by atoms with E-state index in [-0.39, 0.29) is 0 Å². The number of carbonyl (C=O) groups is 1. The number of nitrogens with zero attached hydrogens (tertiary/aromatic N) is 3. The van der Waals surface area contributed by atoms with Gasteiger partial charge in [0.25, 0.3) is 0 Å². The van der Waals surface area contributed by atoms with Crippen LogP contribution in [0.25, 0.3) is 33.1 Å². The van der Waals surface area contributed by atoms with Crippen LogP contribution in [0.4, 0.5) is 0 Å². The molecule has 4 aromatic rings. The third-order valence-corrected chi connectivity index (χ3v) is 8.89. The number of hydrogen-bond acceptors (Lipinski definition) is 2. The Labute approximate surface area is 219 Å². The van der Waals surface area contributed by atoms with Crippen LogP contribution in [0.15, 0.2) is 42.6 Å². The lowest BCUT2D eigenvalue weighted by molar-refractivity contribution is 0.0697. The average molecular weight is 498 g/mol. The summed E-state index contributed by atoms with van der Waals surface area (Å²) in [6.45, 7) is 10.7. The predicted molar refractivity (Wildman–Crippen MR) is 151 cm³/mol. The molecule has 5 heteroatoms. The molecule has 1 fully saturated rings. The zero-order valence-electron chi connectivity index (χ0n) is 22.5. The summed E-state index contributed by atoms with van der Waals surface area (Å²) in [5.74, 6) is -0.328. The first kappa shape index (κ1) is 24.3. The molecule has 0 spiro atoms. The Morgan fingerprint density at radius 3 is 2.59 bits per heavy atom. The summed E-state index contributed by atoms with van der Waals surface area (Å²) in [6.07, 6.45) is 9.73. The summed E-state index contributed by atoms with van der Waals surface area (Å²) in [6, 6.07) is 13.2. The molecule has 6 rings (SSSR count). The van der Waals surface area contributed by atoms with Crippen molar-refractivity contribution in [3.63, 3.8) is 0 Å². The molecule has 1 saturated carbocycles. The number of carboxylic acid groups (broad SMARTS) is 1. The van der Waals surface area contributed by atoms with Crippen molar-refractivity contribution >= 4 is 27.8 Å². The van der Waals surface area contributed by atoms with Gasteiger partial charge in [-0.15, -0.1) is 0 Å². The summed E-state index contributed by atoms with van der Waals surface area (Å²) in [5, 5.41) is 12.4. The molecule has 0 bridgehead atoms. The third kappa shape index (κ3) is 4.08. The SMILES string of the molecule is CCN(Cc1cn2c3c(cccc13)-c1c(C3CCCCC3)c3ccc(C(=O)O)cc3n1CCC2)C(C)C. The van der Waals surface area contributed by atoms with Crippen molar-refractivity contribution in [1.29, 1.82) is 0 Å². The number of aromatic carboxylic acids is 1. The summed E-state index contributed by atoms with van der Waals surface area (Å²) < 4.78 is 4.96. The van der Waals surface area contributed by atoms with Crippen molar-refractivity contribution in [2.24, 2.45) is 0 Å². The van der Waals surface area contributed by atoms with Gasteiger partial charge in [0.1, 0.15) is 0 Å². The highest BCUT2D eigenvalue weighted by molar-refractivity contribution is 6.03. The van der Waals surface area contributed by atoms with Gasteiger partial charge in [-0.1, -0.05) is 50.5 Å². The van der Waals surface area contributed by atoms with E-state index in [1.807, 2.05) is 6.07 Å². The number of rotatable bonds is 6. The van der Waals surface area contributed by atoms with Crippen LogP contribution in [0.1, 0.15) is 86.7 Å². The van der Waals surface area contributed by atoms with Crippen LogP contribution in [-0.2, 0) is 19.6 Å². The number of benzene rings is 2. The third-order valence-electron chi connectivity index (χ3n) is 8.89. The van der Waals surface area contributed by atoms with E-state index in [0.29, 0.717) is 17.5 Å². The van der Waals surface area contributed by atoms with Crippen molar-refractivity contribution in [1.82, 2.24) is 14.0 Å². The van der Waals surface area contributed by atoms with Crippen LogP contribution in [0.5, 0.6) is 0 Å². The zero-order chi connectivity index (χ0) is 25.7. The maximum Gasteiger partial charge on any atom is 0.335 e. The van der Waals surface area contributed by atoms with Gasteiger partial charge in [-0.25, -0.2) is 4.79 Å². The second-order valence-electron chi connectivity index (χ2n) is 11.3. The van der Waals surface area contributed by atoms with Gasteiger partial charge in [0.05, 0.1) is 16.8 Å². The zero-order valence-corrected chi connectivity index (χ0v) is 22.5. The van der Waals surface area contributed by atoms with E-state index < -0.39 is 5.97 Å². The standard InChI is InChI=1S/C32H39N3O2/c1-4-33(21(2)3)19-24-20-34-16-9-17-35-28-18-23(32(36)37)14-15-26(28)29(22-10-6-5-7-11-22)31(35)27-13-8-12-25(24)30(27)34/h8,12-15,18,20-22H,4-7,9-11,16-17,19H2,1-3H3,(H,36,37). The number of hydrogen-bond donors (Lipinski definition) is 1. The van der Waals surface area contributed by atoms with Gasteiger partial charge in [-0.3, -0.25) is 4.90 Å². The van der Waals surface area contributed by atoms with Gasteiger partial charge >= 0.3 is 5.97 Å². The van der Waals surface area contributed by atoms with E-state index in [0.717, 1.165) is 38.1 Å². The Bertz CT molecular complexity index is 1470. The Morgan fingerprint density at radius 2 is 1.86 bits per heavy atom. The maximum atomic E-state index is 11.9. The largest absolute Gasteiger partial charge is 0.478 e. The van der Waals surface area contributed by atoms with Gasteiger partial charge in [0.2, 0.25) is 0 Å². The van der Waals surface area contributed by atoms with E-state index in [9.17, 15) is 9.90 Å². The van der Waals surface area contributed by atoms with E-state index >= 15 is 0 Å². The molecule has 0 unspecified atom stereocenters. The molecule has 0 amide bonds. The van der Waals surface area contributed by atoms with Crippen LogP contribution in [0, 0.1) is 0 Å². The van der Waals surface area contributed by atoms with Crippen LogP contribution in [0.2, 0.25) is 0 Å². The smallest absolute Gasteiger partial charge is 0.335 e. The van der Waals surface area contributed by atoms with E-state index in [1.54, 1.807) is 6.07 Å². The fraction of sp³-hybridized carbons (Fsp3) is 0.469. The highest BCUT2D eigenvalue weighted by atomic mass is 16.4. The molecule has 1 aliphatic heterocycles. The Morgan fingerprint density at radius 1 is 1.05 bits per heavy atom. The lowest BCUT2D eigenvalue weighted by Gasteiger charge is -2.25. The van der Waals surface area contributed by atoms with Gasteiger partial charge < -0.3 is 14.2 Å². The average Bonchev–Trinajstić information content (AvgIpc) is 3.41. The molecule has 1 N–H and O–H groups in total. The molecule has 1 aliphatic carbocycles. The number of fused-ring (bicyclic) bond motifs is 4. The summed E-state index contributed by atoms with van der Waals surface area (Å²) in [5.41, 5.74) is 8.31. The van der Waals surface area contributed by atoms with Crippen LogP contribution >= 0.6 is 0 Å². The lowest BCUT2D eigenvalue weighted by atomic mass is 9.81. The second-order valence-corrected chi connectivity index (χ2v) is 11.3. The van der Waals surface area contributed by atoms with Crippen molar-refractivity contribution < 1.29 is 9.90 Å². The molecule has 0 atom stereocenters. The minimum Gasteiger partial charge on any atom is -0.478 e. The lowest BCUT2D eigenvalue weighted by Crippen LogP contribution is -2.29. The van der Waals surface area contributed by atoms with Gasteiger partial charge in [-0.2, -0.15) is 0 Å². The Hall–Kier alpha value is -3.05. The topological polar surface area (TPSA) is 50.4 Å². The van der Waals surface area contributed by atoms with Gasteiger partial charge in [0, 0.05) is 53.7 Å². The molecule has 2 aliphatic rings. The van der Waals surface area contributed by atoms with Crippen LogP contribution in [-0.4, -0.2) is 37.7 Å². The molecule has 0 saturated heterocycles. The molecule has 37 heavy (non-hydrogen) atoms. The molecule has 0 radical (unpaired) electrons. The quantitative estimate of drug-likeness (QED) is 0.298. The summed E-state index contributed by atoms with van der Waals surface area (Å²) in [4.78, 5) is 14.4. The van der Waals surface area contributed by atoms with Crippen molar-refractivity contribution in [3.8, 4) is 11.3 Å². The van der Waals surface area contributed by atoms with Crippen molar-refractivity contribution in [2.45, 2.75) is 90.9 Å². The van der Waals surface area contributed by atoms with Crippen LogP contribution in [0.3, 0.4) is 0 Å². The molecule has 5 nitrogen and oxygen atoms in total. The molecular formula is C32H39N3O2. The monoisotopic (exact) mass is 497 g/mol. The molecule has 194 valence electrons. The Kier molecular flexibility index (Phi) is 6.36. The first-order chi connectivity index (χ1) is 18.0. The van der Waals surface area contributed by atoms with E-state index in [1.165, 1.54) is 70.8 Å². The summed E-state index contributed by atoms with van der Waals surface area (Å²) >= 11 is 0. The van der Waals surface area contributed by atoms with E-state index in [2.05, 4.69) is 65.3 Å². The minimum absolute atomic E-state index is 0.377.